The van der Waals surface area contributed by atoms with Crippen molar-refractivity contribution in [3.8, 4) is 0 Å². The molecule has 1 saturated carbocycles. The van der Waals surface area contributed by atoms with Crippen molar-refractivity contribution in [2.75, 3.05) is 0 Å². The van der Waals surface area contributed by atoms with E-state index in [-0.39, 0.29) is 0 Å². The molecule has 13 heavy (non-hydrogen) atoms. The summed E-state index contributed by atoms with van der Waals surface area (Å²) < 4.78 is 0. The van der Waals surface area contributed by atoms with Gasteiger partial charge in [-0.3, -0.25) is 4.99 Å². The van der Waals surface area contributed by atoms with Crippen molar-refractivity contribution in [1.29, 1.82) is 0 Å². The van der Waals surface area contributed by atoms with Crippen LogP contribution in [-0.2, 0) is 0 Å². The van der Waals surface area contributed by atoms with E-state index in [9.17, 15) is 0 Å². The summed E-state index contributed by atoms with van der Waals surface area (Å²) in [6, 6.07) is 0.737. The first kappa shape index (κ1) is 9.23. The first-order valence-corrected chi connectivity index (χ1v) is 5.95. The lowest BCUT2D eigenvalue weighted by Gasteiger charge is -2.22. The molecule has 1 fully saturated rings. The number of hydrogen-bond donors (Lipinski definition) is 0. The fourth-order valence-corrected chi connectivity index (χ4v) is 2.73. The zero-order chi connectivity index (χ0) is 9.10. The van der Waals surface area contributed by atoms with Gasteiger partial charge in [-0.25, -0.2) is 0 Å². The molecule has 2 rings (SSSR count). The van der Waals surface area contributed by atoms with E-state index in [1.54, 1.807) is 5.71 Å². The second kappa shape index (κ2) is 4.26. The van der Waals surface area contributed by atoms with E-state index in [4.69, 9.17) is 4.99 Å². The van der Waals surface area contributed by atoms with Gasteiger partial charge in [0.2, 0.25) is 0 Å². The minimum atomic E-state index is 0.737. The largest absolute Gasteiger partial charge is 0.291 e. The highest BCUT2D eigenvalue weighted by molar-refractivity contribution is 5.86. The van der Waals surface area contributed by atoms with Crippen molar-refractivity contribution in [3.63, 3.8) is 0 Å². The Bertz CT molecular complexity index is 195. The highest BCUT2D eigenvalue weighted by atomic mass is 14.9. The fourth-order valence-electron chi connectivity index (χ4n) is 2.73. The summed E-state index contributed by atoms with van der Waals surface area (Å²) in [5, 5.41) is 0. The topological polar surface area (TPSA) is 12.4 Å². The van der Waals surface area contributed by atoms with Gasteiger partial charge in [0.05, 0.1) is 6.04 Å². The molecule has 2 aliphatic rings. The first-order valence-electron chi connectivity index (χ1n) is 5.95. The highest BCUT2D eigenvalue weighted by Crippen LogP contribution is 2.35. The molecule has 1 aliphatic heterocycles. The normalized spacial score (nSPS) is 32.8. The average Bonchev–Trinajstić information content (AvgIpc) is 2.57. The van der Waals surface area contributed by atoms with Crippen LogP contribution in [0.1, 0.15) is 58.3 Å². The maximum Gasteiger partial charge on any atom is 0.0530 e. The number of rotatable bonds is 3. The van der Waals surface area contributed by atoms with Crippen molar-refractivity contribution in [2.45, 2.75) is 64.3 Å². The Balaban J connectivity index is 1.86. The molecule has 0 N–H and O–H groups in total. The number of unbranched alkanes of at least 4 members (excludes halogenated alkanes) is 1. The Morgan fingerprint density at radius 1 is 1.31 bits per heavy atom. The third-order valence-electron chi connectivity index (χ3n) is 3.53. The summed E-state index contributed by atoms with van der Waals surface area (Å²) in [4.78, 5) is 4.86. The molecule has 74 valence electrons. The summed E-state index contributed by atoms with van der Waals surface area (Å²) in [6.45, 7) is 2.27. The van der Waals surface area contributed by atoms with E-state index in [2.05, 4.69) is 6.92 Å². The SMILES string of the molecule is CCCCC1=N[C@H]2CCCC[C@H]2C1. The van der Waals surface area contributed by atoms with Crippen LogP contribution in [0.5, 0.6) is 0 Å². The summed E-state index contributed by atoms with van der Waals surface area (Å²) in [5.74, 6) is 0.945. The van der Waals surface area contributed by atoms with Crippen molar-refractivity contribution in [1.82, 2.24) is 0 Å². The van der Waals surface area contributed by atoms with Gasteiger partial charge < -0.3 is 0 Å². The van der Waals surface area contributed by atoms with Crippen LogP contribution >= 0.6 is 0 Å². The van der Waals surface area contributed by atoms with Gasteiger partial charge in [-0.05, 0) is 38.0 Å². The Labute approximate surface area is 81.6 Å². The molecule has 0 amide bonds. The van der Waals surface area contributed by atoms with Crippen LogP contribution in [0, 0.1) is 5.92 Å². The number of nitrogens with zero attached hydrogens (tertiary/aromatic N) is 1. The smallest absolute Gasteiger partial charge is 0.0530 e. The van der Waals surface area contributed by atoms with Gasteiger partial charge >= 0.3 is 0 Å². The van der Waals surface area contributed by atoms with Crippen molar-refractivity contribution >= 4 is 5.71 Å². The Morgan fingerprint density at radius 3 is 2.92 bits per heavy atom. The maximum absolute atomic E-state index is 4.86. The second-order valence-corrected chi connectivity index (χ2v) is 4.61. The lowest BCUT2D eigenvalue weighted by atomic mass is 9.84. The Kier molecular flexibility index (Phi) is 3.02. The summed E-state index contributed by atoms with van der Waals surface area (Å²) in [7, 11) is 0. The van der Waals surface area contributed by atoms with Crippen molar-refractivity contribution in [3.05, 3.63) is 0 Å². The molecular weight excluding hydrogens is 158 g/mol. The zero-order valence-corrected chi connectivity index (χ0v) is 8.76. The lowest BCUT2D eigenvalue weighted by Crippen LogP contribution is -2.18. The number of hydrogen-bond acceptors (Lipinski definition) is 1. The molecular formula is C12H21N. The van der Waals surface area contributed by atoms with Crippen LogP contribution in [0.4, 0.5) is 0 Å². The molecule has 1 heterocycles. The minimum absolute atomic E-state index is 0.737. The molecule has 0 aromatic carbocycles. The molecule has 0 radical (unpaired) electrons. The molecule has 0 spiro atoms. The molecule has 0 aromatic rings. The van der Waals surface area contributed by atoms with Crippen LogP contribution < -0.4 is 0 Å². The van der Waals surface area contributed by atoms with E-state index < -0.39 is 0 Å². The summed E-state index contributed by atoms with van der Waals surface area (Å²) in [5.41, 5.74) is 1.54. The monoisotopic (exact) mass is 179 g/mol. The average molecular weight is 179 g/mol. The van der Waals surface area contributed by atoms with Crippen molar-refractivity contribution in [2.24, 2.45) is 10.9 Å². The van der Waals surface area contributed by atoms with Crippen LogP contribution in [0.2, 0.25) is 0 Å². The molecule has 0 unspecified atom stereocenters. The number of fused-ring (bicyclic) bond motifs is 1. The fraction of sp³-hybridized carbons (Fsp3) is 0.917. The minimum Gasteiger partial charge on any atom is -0.291 e. The standard InChI is InChI=1S/C12H21N/c1-2-3-7-11-9-10-6-4-5-8-12(10)13-11/h10,12H,2-9H2,1H3/t10-,12-/m0/s1. The Hall–Kier alpha value is -0.330. The maximum atomic E-state index is 4.86. The van der Waals surface area contributed by atoms with E-state index in [1.165, 1.54) is 51.4 Å². The summed E-state index contributed by atoms with van der Waals surface area (Å²) >= 11 is 0. The predicted octanol–water partition coefficient (Wildman–Crippen LogP) is 3.58. The van der Waals surface area contributed by atoms with Gasteiger partial charge in [0.25, 0.3) is 0 Å². The van der Waals surface area contributed by atoms with Crippen LogP contribution in [0.25, 0.3) is 0 Å². The van der Waals surface area contributed by atoms with Crippen LogP contribution in [0.3, 0.4) is 0 Å². The lowest BCUT2D eigenvalue weighted by molar-refractivity contribution is 0.337. The molecule has 1 aliphatic carbocycles. The van der Waals surface area contributed by atoms with Crippen LogP contribution in [-0.4, -0.2) is 11.8 Å². The number of aliphatic imine (C=N–C) groups is 1. The van der Waals surface area contributed by atoms with E-state index in [1.807, 2.05) is 0 Å². The zero-order valence-electron chi connectivity index (χ0n) is 8.76. The van der Waals surface area contributed by atoms with Gasteiger partial charge in [0, 0.05) is 5.71 Å². The van der Waals surface area contributed by atoms with Gasteiger partial charge in [0.1, 0.15) is 0 Å². The molecule has 0 aromatic heterocycles. The Morgan fingerprint density at radius 2 is 2.15 bits per heavy atom. The van der Waals surface area contributed by atoms with Gasteiger partial charge in [-0.2, -0.15) is 0 Å². The molecule has 1 nitrogen and oxygen atoms in total. The second-order valence-electron chi connectivity index (χ2n) is 4.61. The molecule has 0 bridgehead atoms. The van der Waals surface area contributed by atoms with Gasteiger partial charge in [-0.15, -0.1) is 0 Å². The van der Waals surface area contributed by atoms with Gasteiger partial charge in [0.15, 0.2) is 0 Å². The van der Waals surface area contributed by atoms with E-state index in [0.717, 1.165) is 12.0 Å². The van der Waals surface area contributed by atoms with Gasteiger partial charge in [-0.1, -0.05) is 26.2 Å². The molecule has 2 atom stereocenters. The third kappa shape index (κ3) is 2.12. The van der Waals surface area contributed by atoms with E-state index >= 15 is 0 Å². The molecule has 0 saturated heterocycles. The highest BCUT2D eigenvalue weighted by Gasteiger charge is 2.30. The first-order chi connectivity index (χ1) is 6.40. The third-order valence-corrected chi connectivity index (χ3v) is 3.53. The van der Waals surface area contributed by atoms with E-state index in [0.29, 0.717) is 0 Å². The van der Waals surface area contributed by atoms with Crippen molar-refractivity contribution < 1.29 is 0 Å². The predicted molar refractivity (Wildman–Crippen MR) is 57.3 cm³/mol. The summed E-state index contributed by atoms with van der Waals surface area (Å²) in [6.07, 6.45) is 11.0. The molecule has 1 heteroatoms. The quantitative estimate of drug-likeness (QED) is 0.628. The van der Waals surface area contributed by atoms with Crippen LogP contribution in [0.15, 0.2) is 4.99 Å².